The molecule has 1 N–H and O–H groups in total. The van der Waals surface area contributed by atoms with Crippen LogP contribution in [0.3, 0.4) is 0 Å². The molecule has 2 aliphatic rings. The zero-order chi connectivity index (χ0) is 22.9. The summed E-state index contributed by atoms with van der Waals surface area (Å²) in [6.45, 7) is 6.71. The Kier molecular flexibility index (Phi) is 6.44. The fourth-order valence-corrected chi connectivity index (χ4v) is 5.54. The van der Waals surface area contributed by atoms with E-state index in [1.807, 2.05) is 30.9 Å². The third-order valence-corrected chi connectivity index (χ3v) is 7.51. The summed E-state index contributed by atoms with van der Waals surface area (Å²) in [4.78, 5) is 17.1. The largest absolute Gasteiger partial charge is 0.367 e. The number of nitrogens with one attached hydrogen (secondary N) is 1. The van der Waals surface area contributed by atoms with Gasteiger partial charge in [0.2, 0.25) is 5.91 Å². The SMILES string of the molecule is Cc1ccc(Cl)c(N2CCN(C(=O)C[C@@H](C)CC3=NS(=O)(=O)c4ccccc4N3)CC2)c1. The van der Waals surface area contributed by atoms with E-state index in [2.05, 4.69) is 20.7 Å². The number of carbonyl (C=O) groups excluding carboxylic acids is 1. The number of benzene rings is 2. The average molecular weight is 475 g/mol. The molecule has 1 atom stereocenters. The summed E-state index contributed by atoms with van der Waals surface area (Å²) in [5, 5.41) is 3.82. The van der Waals surface area contributed by atoms with Crippen LogP contribution in [0.1, 0.15) is 25.3 Å². The van der Waals surface area contributed by atoms with E-state index in [1.54, 1.807) is 18.2 Å². The van der Waals surface area contributed by atoms with Crippen LogP contribution >= 0.6 is 11.6 Å². The lowest BCUT2D eigenvalue weighted by atomic mass is 10.0. The molecule has 0 radical (unpaired) electrons. The number of sulfonamides is 1. The van der Waals surface area contributed by atoms with Crippen molar-refractivity contribution in [1.82, 2.24) is 4.90 Å². The first-order valence-corrected chi connectivity index (χ1v) is 12.5. The van der Waals surface area contributed by atoms with Crippen molar-refractivity contribution in [3.05, 3.63) is 53.1 Å². The van der Waals surface area contributed by atoms with Gasteiger partial charge in [0.05, 0.1) is 16.4 Å². The van der Waals surface area contributed by atoms with Gasteiger partial charge in [0.1, 0.15) is 10.7 Å². The van der Waals surface area contributed by atoms with Gasteiger partial charge in [-0.1, -0.05) is 36.7 Å². The number of fused-ring (bicyclic) bond motifs is 1. The predicted molar refractivity (Wildman–Crippen MR) is 128 cm³/mol. The standard InChI is InChI=1S/C23H27ClN4O3S/c1-16-7-8-18(24)20(13-16)27-9-11-28(12-10-27)23(29)15-17(2)14-22-25-19-5-3-4-6-21(19)32(30,31)26-22/h3-8,13,17H,9-12,14-15H2,1-2H3,(H,25,26)/t17-/m0/s1. The van der Waals surface area contributed by atoms with Crippen molar-refractivity contribution >= 4 is 44.7 Å². The molecule has 1 saturated heterocycles. The van der Waals surface area contributed by atoms with Crippen LogP contribution in [0.15, 0.2) is 51.8 Å². The van der Waals surface area contributed by atoms with E-state index < -0.39 is 10.0 Å². The average Bonchev–Trinajstić information content (AvgIpc) is 2.75. The van der Waals surface area contributed by atoms with Crippen LogP contribution in [0.2, 0.25) is 5.02 Å². The van der Waals surface area contributed by atoms with Crippen LogP contribution in [0.5, 0.6) is 0 Å². The maximum atomic E-state index is 12.8. The number of carbonyl (C=O) groups is 1. The molecule has 32 heavy (non-hydrogen) atoms. The summed E-state index contributed by atoms with van der Waals surface area (Å²) < 4.78 is 28.7. The molecule has 2 aromatic carbocycles. The van der Waals surface area contributed by atoms with Crippen LogP contribution in [-0.4, -0.2) is 51.2 Å². The lowest BCUT2D eigenvalue weighted by Crippen LogP contribution is -2.49. The Balaban J connectivity index is 1.32. The first-order valence-electron chi connectivity index (χ1n) is 10.7. The number of anilines is 2. The van der Waals surface area contributed by atoms with Crippen molar-refractivity contribution in [3.63, 3.8) is 0 Å². The maximum absolute atomic E-state index is 12.8. The fourth-order valence-electron chi connectivity index (χ4n) is 4.15. The number of rotatable bonds is 5. The molecule has 0 bridgehead atoms. The number of aryl methyl sites for hydroxylation is 1. The number of para-hydroxylation sites is 1. The summed E-state index contributed by atoms with van der Waals surface area (Å²) in [5.41, 5.74) is 2.69. The highest BCUT2D eigenvalue weighted by molar-refractivity contribution is 7.90. The Morgan fingerprint density at radius 1 is 1.16 bits per heavy atom. The van der Waals surface area contributed by atoms with E-state index in [-0.39, 0.29) is 16.7 Å². The number of hydrogen-bond donors (Lipinski definition) is 1. The van der Waals surface area contributed by atoms with Gasteiger partial charge < -0.3 is 15.1 Å². The van der Waals surface area contributed by atoms with Crippen molar-refractivity contribution in [2.24, 2.45) is 10.3 Å². The highest BCUT2D eigenvalue weighted by atomic mass is 35.5. The smallest absolute Gasteiger partial charge is 0.286 e. The number of halogens is 1. The Bertz CT molecular complexity index is 1160. The number of hydrogen-bond acceptors (Lipinski definition) is 5. The lowest BCUT2D eigenvalue weighted by Gasteiger charge is -2.37. The Hall–Kier alpha value is -2.58. The molecule has 4 rings (SSSR count). The molecule has 7 nitrogen and oxygen atoms in total. The minimum atomic E-state index is -3.71. The first-order chi connectivity index (χ1) is 15.2. The van der Waals surface area contributed by atoms with E-state index >= 15 is 0 Å². The molecule has 0 saturated carbocycles. The molecule has 1 fully saturated rings. The van der Waals surface area contributed by atoms with Crippen molar-refractivity contribution in [2.75, 3.05) is 36.4 Å². The molecular formula is C23H27ClN4O3S. The monoisotopic (exact) mass is 474 g/mol. The number of amidine groups is 1. The molecular weight excluding hydrogens is 448 g/mol. The van der Waals surface area contributed by atoms with Crippen molar-refractivity contribution in [1.29, 1.82) is 0 Å². The lowest BCUT2D eigenvalue weighted by molar-refractivity contribution is -0.132. The summed E-state index contributed by atoms with van der Waals surface area (Å²) in [6.07, 6.45) is 0.728. The van der Waals surface area contributed by atoms with Crippen LogP contribution in [-0.2, 0) is 14.8 Å². The normalized spacial score (nSPS) is 18.4. The zero-order valence-electron chi connectivity index (χ0n) is 18.2. The quantitative estimate of drug-likeness (QED) is 0.710. The van der Waals surface area contributed by atoms with Crippen molar-refractivity contribution in [2.45, 2.75) is 31.6 Å². The second kappa shape index (κ2) is 9.11. The summed E-state index contributed by atoms with van der Waals surface area (Å²) in [7, 11) is -3.71. The molecule has 0 aromatic heterocycles. The molecule has 2 heterocycles. The molecule has 0 spiro atoms. The highest BCUT2D eigenvalue weighted by Crippen LogP contribution is 2.29. The van der Waals surface area contributed by atoms with E-state index in [0.717, 1.165) is 29.4 Å². The molecule has 170 valence electrons. The van der Waals surface area contributed by atoms with E-state index in [0.29, 0.717) is 37.5 Å². The predicted octanol–water partition coefficient (Wildman–Crippen LogP) is 3.93. The Morgan fingerprint density at radius 3 is 2.62 bits per heavy atom. The van der Waals surface area contributed by atoms with Crippen LogP contribution in [0.4, 0.5) is 11.4 Å². The van der Waals surface area contributed by atoms with Gasteiger partial charge in [0.25, 0.3) is 10.0 Å². The second-order valence-electron chi connectivity index (χ2n) is 8.47. The first kappa shape index (κ1) is 22.6. The zero-order valence-corrected chi connectivity index (χ0v) is 19.8. The molecule has 1 amide bonds. The third-order valence-electron chi connectivity index (χ3n) is 5.81. The number of nitrogens with zero attached hydrogens (tertiary/aromatic N) is 3. The maximum Gasteiger partial charge on any atom is 0.286 e. The van der Waals surface area contributed by atoms with Gasteiger partial charge in [-0.2, -0.15) is 8.42 Å². The molecule has 2 aromatic rings. The van der Waals surface area contributed by atoms with Gasteiger partial charge >= 0.3 is 0 Å². The van der Waals surface area contributed by atoms with Crippen LogP contribution in [0.25, 0.3) is 0 Å². The third kappa shape index (κ3) is 4.91. The highest BCUT2D eigenvalue weighted by Gasteiger charge is 2.27. The molecule has 0 aliphatic carbocycles. The van der Waals surface area contributed by atoms with E-state index in [1.165, 1.54) is 6.07 Å². The molecule has 0 unspecified atom stereocenters. The van der Waals surface area contributed by atoms with Gasteiger partial charge in [-0.15, -0.1) is 4.40 Å². The van der Waals surface area contributed by atoms with Gasteiger partial charge in [-0.3, -0.25) is 4.79 Å². The Morgan fingerprint density at radius 2 is 1.88 bits per heavy atom. The number of amides is 1. The minimum Gasteiger partial charge on any atom is -0.367 e. The van der Waals surface area contributed by atoms with E-state index in [4.69, 9.17) is 11.6 Å². The summed E-state index contributed by atoms with van der Waals surface area (Å²) in [6, 6.07) is 12.7. The van der Waals surface area contributed by atoms with Crippen LogP contribution in [0, 0.1) is 12.8 Å². The van der Waals surface area contributed by atoms with Gasteiger partial charge in [-0.05, 0) is 42.7 Å². The van der Waals surface area contributed by atoms with Crippen molar-refractivity contribution < 1.29 is 13.2 Å². The second-order valence-corrected chi connectivity index (χ2v) is 10.5. The van der Waals surface area contributed by atoms with Gasteiger partial charge in [0.15, 0.2) is 0 Å². The van der Waals surface area contributed by atoms with Crippen LogP contribution < -0.4 is 10.2 Å². The Labute approximate surface area is 194 Å². The van der Waals surface area contributed by atoms with E-state index in [9.17, 15) is 13.2 Å². The summed E-state index contributed by atoms with van der Waals surface area (Å²) >= 11 is 6.36. The topological polar surface area (TPSA) is 82.1 Å². The number of piperazine rings is 1. The van der Waals surface area contributed by atoms with Crippen molar-refractivity contribution in [3.8, 4) is 0 Å². The summed E-state index contributed by atoms with van der Waals surface area (Å²) in [5.74, 6) is 0.411. The van der Waals surface area contributed by atoms with Gasteiger partial charge in [0, 0.05) is 39.0 Å². The molecule has 2 aliphatic heterocycles. The van der Waals surface area contributed by atoms with Gasteiger partial charge in [-0.25, -0.2) is 0 Å². The fraction of sp³-hybridized carbons (Fsp3) is 0.391. The molecule has 9 heteroatoms. The minimum absolute atomic E-state index is 0.0431.